The van der Waals surface area contributed by atoms with Gasteiger partial charge in [-0.15, -0.1) is 6.54 Å². The summed E-state index contributed by atoms with van der Waals surface area (Å²) >= 11 is 0. The number of ether oxygens (including phenoxy) is 1. The van der Waals surface area contributed by atoms with E-state index in [1.54, 1.807) is 12.1 Å². The maximum Gasteiger partial charge on any atom is 0.414 e. The van der Waals surface area contributed by atoms with Gasteiger partial charge in [0, 0.05) is 79.5 Å². The summed E-state index contributed by atoms with van der Waals surface area (Å²) in [6, 6.07) is 4.63. The van der Waals surface area contributed by atoms with Crippen LogP contribution in [0.2, 0.25) is 0 Å². The average molecular weight is 553 g/mol. The fraction of sp³-hybridized carbons (Fsp3) is 0.500. The number of rotatable bonds is 3. The molecule has 0 saturated carbocycles. The summed E-state index contributed by atoms with van der Waals surface area (Å²) in [6.45, 7) is 1.39. The van der Waals surface area contributed by atoms with Crippen molar-refractivity contribution < 1.29 is 62.2 Å². The first-order valence-electron chi connectivity index (χ1n) is 7.10. The zero-order valence-corrected chi connectivity index (χ0v) is 18.1. The van der Waals surface area contributed by atoms with Crippen LogP contribution in [-0.4, -0.2) is 54.1 Å². The van der Waals surface area contributed by atoms with Gasteiger partial charge in [-0.05, 0) is 18.2 Å². The summed E-state index contributed by atoms with van der Waals surface area (Å²) in [7, 11) is -0.809. The number of halogens is 1. The minimum atomic E-state index is -0.809. The molecule has 2 heterocycles. The number of nitrogens with zero attached hydrogens (tertiary/aromatic N) is 2. The molecule has 0 bridgehead atoms. The number of carbonyl (C=O) groups excluding carboxylic acids is 1. The Balaban J connectivity index is 0.00000192. The van der Waals surface area contributed by atoms with Gasteiger partial charge >= 0.3 is 6.09 Å². The Hall–Kier alpha value is -0.228. The third kappa shape index (κ3) is 4.25. The topological polar surface area (TPSA) is 73.7 Å². The molecule has 2 saturated heterocycles. The largest absolute Gasteiger partial charge is 0.674 e. The fourth-order valence-corrected chi connectivity index (χ4v) is 3.69. The van der Waals surface area contributed by atoms with Crippen molar-refractivity contribution in [2.75, 3.05) is 47.5 Å². The van der Waals surface area contributed by atoms with E-state index in [0.29, 0.717) is 36.0 Å². The summed E-state index contributed by atoms with van der Waals surface area (Å²) in [5.74, 6) is 0.683. The van der Waals surface area contributed by atoms with Gasteiger partial charge in [0.15, 0.2) is 0 Å². The molecule has 2 aliphatic heterocycles. The molecule has 3 rings (SSSR count). The van der Waals surface area contributed by atoms with E-state index in [9.17, 15) is 13.4 Å². The van der Waals surface area contributed by atoms with Crippen LogP contribution in [0.25, 0.3) is 5.73 Å². The summed E-state index contributed by atoms with van der Waals surface area (Å²) in [5.41, 5.74) is 8.16. The van der Waals surface area contributed by atoms with E-state index in [2.05, 4.69) is 0 Å². The van der Waals surface area contributed by atoms with Crippen molar-refractivity contribution in [3.8, 4) is 0 Å². The molecule has 1 aromatic carbocycles. The Bertz CT molecular complexity index is 609. The van der Waals surface area contributed by atoms with Gasteiger partial charge in [-0.2, -0.15) is 0 Å². The standard InChI is InChI=1S/C14H17FN3O3S.Ac/c15-12-7-10(18-9-11(8-16)21-14(18)19)1-2-13(12)17-3-5-22(20)6-4-17;/h1-2,7,11,16H,3-6,8-9H2;/q-1;. The predicted molar refractivity (Wildman–Crippen MR) is 83.3 cm³/mol. The van der Waals surface area contributed by atoms with Crippen LogP contribution in [0.15, 0.2) is 18.2 Å². The van der Waals surface area contributed by atoms with Gasteiger partial charge in [0.05, 0.1) is 17.9 Å². The van der Waals surface area contributed by atoms with Crippen molar-refractivity contribution in [3.63, 3.8) is 0 Å². The number of benzene rings is 1. The van der Waals surface area contributed by atoms with Gasteiger partial charge in [-0.25, -0.2) is 9.18 Å². The molecule has 1 amide bonds. The number of anilines is 2. The molecule has 1 unspecified atom stereocenters. The molecule has 1 N–H and O–H groups in total. The Morgan fingerprint density at radius 2 is 2.04 bits per heavy atom. The SMILES string of the molecule is [Ac].[NH-]CC1CN(c2ccc(N3CCS(=O)CC3)c(F)c2)C(=O)O1. The molecule has 123 valence electrons. The third-order valence-corrected chi connectivity index (χ3v) is 5.14. The minimum absolute atomic E-state index is 0. The molecule has 1 atom stereocenters. The molecule has 1 radical (unpaired) electrons. The van der Waals surface area contributed by atoms with Crippen LogP contribution in [-0.2, 0) is 15.5 Å². The first-order chi connectivity index (χ1) is 10.6. The Kier molecular flexibility index (Phi) is 6.84. The number of carbonyl (C=O) groups is 1. The molecule has 0 aromatic heterocycles. The van der Waals surface area contributed by atoms with Crippen LogP contribution >= 0.6 is 0 Å². The van der Waals surface area contributed by atoms with Gasteiger partial charge in [0.1, 0.15) is 11.9 Å². The molecule has 0 spiro atoms. The van der Waals surface area contributed by atoms with Crippen molar-refractivity contribution in [2.24, 2.45) is 0 Å². The maximum absolute atomic E-state index is 14.4. The minimum Gasteiger partial charge on any atom is -0.674 e. The van der Waals surface area contributed by atoms with Crippen LogP contribution in [0.1, 0.15) is 0 Å². The van der Waals surface area contributed by atoms with Gasteiger partial charge < -0.3 is 15.4 Å². The maximum atomic E-state index is 14.4. The van der Waals surface area contributed by atoms with E-state index in [-0.39, 0.29) is 57.2 Å². The van der Waals surface area contributed by atoms with Crippen LogP contribution in [0, 0.1) is 49.9 Å². The number of amides is 1. The molecule has 9 heteroatoms. The van der Waals surface area contributed by atoms with E-state index in [0.717, 1.165) is 0 Å². The Morgan fingerprint density at radius 1 is 1.35 bits per heavy atom. The number of nitrogens with one attached hydrogen (secondary N) is 1. The van der Waals surface area contributed by atoms with E-state index in [4.69, 9.17) is 10.5 Å². The smallest absolute Gasteiger partial charge is 0.414 e. The molecule has 23 heavy (non-hydrogen) atoms. The zero-order chi connectivity index (χ0) is 15.7. The summed E-state index contributed by atoms with van der Waals surface area (Å²) < 4.78 is 30.7. The van der Waals surface area contributed by atoms with Crippen molar-refractivity contribution in [1.29, 1.82) is 0 Å². The third-order valence-electron chi connectivity index (χ3n) is 3.86. The number of hydrogen-bond donors (Lipinski definition) is 0. The van der Waals surface area contributed by atoms with E-state index in [1.165, 1.54) is 11.0 Å². The second-order valence-corrected chi connectivity index (χ2v) is 6.99. The molecule has 1 aromatic rings. The average Bonchev–Trinajstić information content (AvgIpc) is 2.89. The Morgan fingerprint density at radius 3 is 2.61 bits per heavy atom. The zero-order valence-electron chi connectivity index (χ0n) is 12.5. The second-order valence-electron chi connectivity index (χ2n) is 5.29. The van der Waals surface area contributed by atoms with Gasteiger partial charge in [-0.3, -0.25) is 9.11 Å². The normalized spacial score (nSPS) is 22.0. The van der Waals surface area contributed by atoms with Crippen molar-refractivity contribution in [1.82, 2.24) is 0 Å². The summed E-state index contributed by atoms with van der Waals surface area (Å²) in [5, 5.41) is 0. The van der Waals surface area contributed by atoms with Gasteiger partial charge in [-0.1, -0.05) is 0 Å². The van der Waals surface area contributed by atoms with Crippen LogP contribution in [0.3, 0.4) is 0 Å². The van der Waals surface area contributed by atoms with Crippen molar-refractivity contribution >= 4 is 28.3 Å². The number of cyclic esters (lactones) is 1. The second kappa shape index (κ2) is 8.24. The quantitative estimate of drug-likeness (QED) is 0.573. The molecular weight excluding hydrogens is 536 g/mol. The fourth-order valence-electron chi connectivity index (χ4n) is 2.64. The van der Waals surface area contributed by atoms with Gasteiger partial charge in [0.2, 0.25) is 0 Å². The first kappa shape index (κ1) is 19.1. The number of hydrogen-bond acceptors (Lipinski definition) is 4. The Labute approximate surface area is 172 Å². The molecule has 0 aliphatic carbocycles. The molecule has 6 nitrogen and oxygen atoms in total. The monoisotopic (exact) mass is 553 g/mol. The predicted octanol–water partition coefficient (Wildman–Crippen LogP) is 1.77. The van der Waals surface area contributed by atoms with E-state index in [1.807, 2.05) is 4.90 Å². The molecule has 2 aliphatic rings. The van der Waals surface area contributed by atoms with Crippen LogP contribution < -0.4 is 9.80 Å². The summed E-state index contributed by atoms with van der Waals surface area (Å²) in [4.78, 5) is 14.9. The van der Waals surface area contributed by atoms with E-state index < -0.39 is 28.8 Å². The van der Waals surface area contributed by atoms with Crippen LogP contribution in [0.4, 0.5) is 20.6 Å². The van der Waals surface area contributed by atoms with E-state index >= 15 is 0 Å². The van der Waals surface area contributed by atoms with Gasteiger partial charge in [0.25, 0.3) is 0 Å². The van der Waals surface area contributed by atoms with Crippen LogP contribution in [0.5, 0.6) is 0 Å². The summed E-state index contributed by atoms with van der Waals surface area (Å²) in [6.07, 6.45) is -1.01. The first-order valence-corrected chi connectivity index (χ1v) is 8.59. The van der Waals surface area contributed by atoms with Crippen molar-refractivity contribution in [3.05, 3.63) is 29.7 Å². The molecule has 2 fully saturated rings. The molecular formula is C14H17AcFN3O3S-. The van der Waals surface area contributed by atoms with Crippen molar-refractivity contribution in [2.45, 2.75) is 6.10 Å².